The molecule has 2 fully saturated rings. The Morgan fingerprint density at radius 2 is 1.88 bits per heavy atom. The molecule has 1 N–H and O–H groups in total. The summed E-state index contributed by atoms with van der Waals surface area (Å²) in [6.45, 7) is 6.69. The lowest BCUT2D eigenvalue weighted by Gasteiger charge is -2.38. The van der Waals surface area contributed by atoms with E-state index in [-0.39, 0.29) is 11.8 Å². The molecular formula is C18H25FN2O3. The van der Waals surface area contributed by atoms with Crippen molar-refractivity contribution in [3.8, 4) is 0 Å². The van der Waals surface area contributed by atoms with E-state index < -0.39 is 11.2 Å². The summed E-state index contributed by atoms with van der Waals surface area (Å²) < 4.78 is 25.3. The van der Waals surface area contributed by atoms with Gasteiger partial charge in [-0.1, -0.05) is 32.0 Å². The molecule has 0 aromatic heterocycles. The van der Waals surface area contributed by atoms with Crippen LogP contribution in [0.4, 0.5) is 9.18 Å². The predicted octanol–water partition coefficient (Wildman–Crippen LogP) is 2.65. The minimum absolute atomic E-state index is 0.118. The molecule has 6 heteroatoms. The number of benzene rings is 1. The second kappa shape index (κ2) is 6.69. The maximum Gasteiger partial charge on any atom is 0.317 e. The number of carbonyl (C=O) groups is 1. The predicted molar refractivity (Wildman–Crippen MR) is 88.3 cm³/mol. The zero-order valence-electron chi connectivity index (χ0n) is 14.3. The maximum absolute atomic E-state index is 14.0. The molecule has 0 unspecified atom stereocenters. The second-order valence-electron chi connectivity index (χ2n) is 7.12. The van der Waals surface area contributed by atoms with Crippen molar-refractivity contribution in [2.45, 2.75) is 37.9 Å². The number of nitrogens with zero attached hydrogens (tertiary/aromatic N) is 1. The molecular weight excluding hydrogens is 311 g/mol. The lowest BCUT2D eigenvalue weighted by atomic mass is 9.84. The Kier molecular flexibility index (Phi) is 4.78. The number of rotatable bonds is 3. The number of hydrogen-bond donors (Lipinski definition) is 1. The summed E-state index contributed by atoms with van der Waals surface area (Å²) >= 11 is 0. The van der Waals surface area contributed by atoms with E-state index in [1.807, 2.05) is 19.9 Å². The van der Waals surface area contributed by atoms with Crippen molar-refractivity contribution in [3.05, 3.63) is 35.6 Å². The Hall–Kier alpha value is -1.66. The molecule has 1 aromatic rings. The van der Waals surface area contributed by atoms with Crippen molar-refractivity contribution in [2.75, 3.05) is 32.8 Å². The van der Waals surface area contributed by atoms with Crippen LogP contribution in [-0.4, -0.2) is 49.6 Å². The van der Waals surface area contributed by atoms with Gasteiger partial charge in [0, 0.05) is 37.9 Å². The number of piperidine rings is 1. The van der Waals surface area contributed by atoms with Crippen molar-refractivity contribution >= 4 is 6.03 Å². The minimum atomic E-state index is -0.483. The first-order valence-electron chi connectivity index (χ1n) is 8.48. The first-order valence-corrected chi connectivity index (χ1v) is 8.48. The molecule has 0 saturated carbocycles. The van der Waals surface area contributed by atoms with Crippen LogP contribution in [0, 0.1) is 5.82 Å². The van der Waals surface area contributed by atoms with Crippen LogP contribution in [-0.2, 0) is 14.9 Å². The summed E-state index contributed by atoms with van der Waals surface area (Å²) in [5, 5.41) is 2.94. The van der Waals surface area contributed by atoms with Crippen LogP contribution >= 0.6 is 0 Å². The first kappa shape index (κ1) is 17.2. The number of amides is 2. The molecule has 2 saturated heterocycles. The normalized spacial score (nSPS) is 20.4. The van der Waals surface area contributed by atoms with Crippen LogP contribution in [0.3, 0.4) is 0 Å². The van der Waals surface area contributed by atoms with Gasteiger partial charge in [0.2, 0.25) is 0 Å². The van der Waals surface area contributed by atoms with Gasteiger partial charge in [-0.2, -0.15) is 0 Å². The third-order valence-electron chi connectivity index (χ3n) is 4.91. The van der Waals surface area contributed by atoms with Crippen molar-refractivity contribution in [1.29, 1.82) is 0 Å². The highest BCUT2D eigenvalue weighted by Gasteiger charge is 2.40. The largest absolute Gasteiger partial charge is 0.347 e. The fourth-order valence-corrected chi connectivity index (χ4v) is 3.35. The minimum Gasteiger partial charge on any atom is -0.347 e. The summed E-state index contributed by atoms with van der Waals surface area (Å²) in [5.41, 5.74) is 0.131. The van der Waals surface area contributed by atoms with Crippen LogP contribution < -0.4 is 5.32 Å². The SMILES string of the molecule is CC(C)(CNC(=O)N1CCC2(CC1)OCCO2)c1ccccc1F. The van der Waals surface area contributed by atoms with Crippen LogP contribution in [0.2, 0.25) is 0 Å². The van der Waals surface area contributed by atoms with Crippen molar-refractivity contribution in [1.82, 2.24) is 10.2 Å². The molecule has 1 aromatic carbocycles. The van der Waals surface area contributed by atoms with E-state index in [0.29, 0.717) is 51.3 Å². The van der Waals surface area contributed by atoms with Crippen LogP contribution in [0.1, 0.15) is 32.3 Å². The quantitative estimate of drug-likeness (QED) is 0.923. The van der Waals surface area contributed by atoms with Crippen LogP contribution in [0.5, 0.6) is 0 Å². The van der Waals surface area contributed by atoms with E-state index in [9.17, 15) is 9.18 Å². The Morgan fingerprint density at radius 3 is 2.50 bits per heavy atom. The molecule has 2 amide bonds. The molecule has 3 rings (SSSR count). The summed E-state index contributed by atoms with van der Waals surface area (Å²) in [4.78, 5) is 14.2. The molecule has 5 nitrogen and oxygen atoms in total. The van der Waals surface area contributed by atoms with Gasteiger partial charge in [0.25, 0.3) is 0 Å². The maximum atomic E-state index is 14.0. The fourth-order valence-electron chi connectivity index (χ4n) is 3.35. The Morgan fingerprint density at radius 1 is 1.25 bits per heavy atom. The van der Waals surface area contributed by atoms with Gasteiger partial charge in [0.1, 0.15) is 5.82 Å². The van der Waals surface area contributed by atoms with Gasteiger partial charge in [-0.05, 0) is 11.6 Å². The average Bonchev–Trinajstić information content (AvgIpc) is 3.02. The second-order valence-corrected chi connectivity index (χ2v) is 7.12. The number of urea groups is 1. The highest BCUT2D eigenvalue weighted by atomic mass is 19.1. The third kappa shape index (κ3) is 3.54. The van der Waals surface area contributed by atoms with E-state index in [4.69, 9.17) is 9.47 Å². The van der Waals surface area contributed by atoms with Crippen molar-refractivity contribution in [2.24, 2.45) is 0 Å². The van der Waals surface area contributed by atoms with Gasteiger partial charge in [-0.3, -0.25) is 0 Å². The van der Waals surface area contributed by atoms with Gasteiger partial charge in [0.15, 0.2) is 5.79 Å². The van der Waals surface area contributed by atoms with E-state index in [0.717, 1.165) is 0 Å². The Labute approximate surface area is 142 Å². The number of hydrogen-bond acceptors (Lipinski definition) is 3. The van der Waals surface area contributed by atoms with Crippen LogP contribution in [0.15, 0.2) is 24.3 Å². The lowest BCUT2D eigenvalue weighted by molar-refractivity contribution is -0.181. The monoisotopic (exact) mass is 336 g/mol. The van der Waals surface area contributed by atoms with Gasteiger partial charge in [-0.15, -0.1) is 0 Å². The molecule has 1 spiro atoms. The molecule has 0 aliphatic carbocycles. The third-order valence-corrected chi connectivity index (χ3v) is 4.91. The molecule has 2 aliphatic heterocycles. The van der Waals surface area contributed by atoms with Crippen molar-refractivity contribution in [3.63, 3.8) is 0 Å². The molecule has 0 bridgehead atoms. The molecule has 2 aliphatic rings. The standard InChI is InChI=1S/C18H25FN2O3/c1-17(2,14-5-3-4-6-15(14)19)13-20-16(22)21-9-7-18(8-10-21)23-11-12-24-18/h3-6H,7-13H2,1-2H3,(H,20,22). The van der Waals surface area contributed by atoms with Crippen LogP contribution in [0.25, 0.3) is 0 Å². The summed E-state index contributed by atoms with van der Waals surface area (Å²) in [6.07, 6.45) is 1.38. The lowest BCUT2D eigenvalue weighted by Crippen LogP contribution is -2.51. The highest BCUT2D eigenvalue weighted by Crippen LogP contribution is 2.31. The number of likely N-dealkylation sites (tertiary alicyclic amines) is 1. The van der Waals surface area contributed by atoms with Gasteiger partial charge in [-0.25, -0.2) is 9.18 Å². The first-order chi connectivity index (χ1) is 11.4. The van der Waals surface area contributed by atoms with Gasteiger partial charge in [0.05, 0.1) is 13.2 Å². The number of halogens is 1. The smallest absolute Gasteiger partial charge is 0.317 e. The Balaban J connectivity index is 1.53. The molecule has 2 heterocycles. The molecule has 24 heavy (non-hydrogen) atoms. The molecule has 0 atom stereocenters. The van der Waals surface area contributed by atoms with E-state index in [1.165, 1.54) is 6.07 Å². The van der Waals surface area contributed by atoms with E-state index in [1.54, 1.807) is 17.0 Å². The summed E-state index contributed by atoms with van der Waals surface area (Å²) in [5.74, 6) is -0.726. The number of carbonyl (C=O) groups excluding carboxylic acids is 1. The van der Waals surface area contributed by atoms with Gasteiger partial charge >= 0.3 is 6.03 Å². The summed E-state index contributed by atoms with van der Waals surface area (Å²) in [6, 6.07) is 6.58. The average molecular weight is 336 g/mol. The molecule has 0 radical (unpaired) electrons. The topological polar surface area (TPSA) is 50.8 Å². The summed E-state index contributed by atoms with van der Waals surface area (Å²) in [7, 11) is 0. The number of ether oxygens (including phenoxy) is 2. The fraction of sp³-hybridized carbons (Fsp3) is 0.611. The molecule has 132 valence electrons. The van der Waals surface area contributed by atoms with Crippen molar-refractivity contribution < 1.29 is 18.7 Å². The zero-order valence-corrected chi connectivity index (χ0v) is 14.3. The highest BCUT2D eigenvalue weighted by molar-refractivity contribution is 5.74. The van der Waals surface area contributed by atoms with Gasteiger partial charge < -0.3 is 19.7 Å². The zero-order chi connectivity index (χ0) is 17.2. The Bertz CT molecular complexity index is 590. The van der Waals surface area contributed by atoms with E-state index in [2.05, 4.69) is 5.32 Å². The van der Waals surface area contributed by atoms with E-state index >= 15 is 0 Å². The number of nitrogens with one attached hydrogen (secondary N) is 1.